The molecular formula is C24H29ClF2N4O7S2. The van der Waals surface area contributed by atoms with Crippen LogP contribution in [0.2, 0.25) is 5.02 Å². The van der Waals surface area contributed by atoms with Crippen LogP contribution in [0.3, 0.4) is 0 Å². The van der Waals surface area contributed by atoms with E-state index in [-0.39, 0.29) is 18.0 Å². The third-order valence-corrected chi connectivity index (χ3v) is 10.8. The second-order valence-electron chi connectivity index (χ2n) is 9.42. The summed E-state index contributed by atoms with van der Waals surface area (Å²) in [5.74, 6) is 0.170. The summed E-state index contributed by atoms with van der Waals surface area (Å²) in [6.07, 6.45) is 3.06. The molecule has 0 unspecified atom stereocenters. The van der Waals surface area contributed by atoms with Gasteiger partial charge in [-0.25, -0.2) is 30.4 Å². The first-order valence-electron chi connectivity index (χ1n) is 12.5. The summed E-state index contributed by atoms with van der Waals surface area (Å²) >= 11 is 5.79. The van der Waals surface area contributed by atoms with Crippen molar-refractivity contribution in [3.05, 3.63) is 53.1 Å². The molecule has 2 saturated heterocycles. The maximum Gasteiger partial charge on any atom is 0.344 e. The van der Waals surface area contributed by atoms with E-state index in [1.165, 1.54) is 24.3 Å². The topological polar surface area (TPSA) is 140 Å². The van der Waals surface area contributed by atoms with E-state index < -0.39 is 67.4 Å². The molecule has 2 aromatic rings. The van der Waals surface area contributed by atoms with Crippen molar-refractivity contribution >= 4 is 37.6 Å². The fourth-order valence-corrected chi connectivity index (χ4v) is 7.83. The van der Waals surface area contributed by atoms with Crippen LogP contribution in [0.25, 0.3) is 0 Å². The van der Waals surface area contributed by atoms with Crippen LogP contribution in [-0.2, 0) is 29.7 Å². The zero-order valence-corrected chi connectivity index (χ0v) is 23.7. The van der Waals surface area contributed by atoms with E-state index in [1.54, 1.807) is 0 Å². The van der Waals surface area contributed by atoms with Gasteiger partial charge in [-0.3, -0.25) is 0 Å². The van der Waals surface area contributed by atoms with Crippen LogP contribution < -0.4 is 10.6 Å². The molecule has 2 aliphatic heterocycles. The third-order valence-electron chi connectivity index (χ3n) is 6.80. The maximum absolute atomic E-state index is 14.9. The van der Waals surface area contributed by atoms with Crippen molar-refractivity contribution in [3.8, 4) is 11.5 Å². The van der Waals surface area contributed by atoms with Crippen molar-refractivity contribution in [3.63, 3.8) is 0 Å². The number of piperidine rings is 1. The smallest absolute Gasteiger partial charge is 0.344 e. The van der Waals surface area contributed by atoms with Crippen molar-refractivity contribution in [2.45, 2.75) is 30.2 Å². The highest BCUT2D eigenvalue weighted by Crippen LogP contribution is 2.32. The molecule has 40 heavy (non-hydrogen) atoms. The fourth-order valence-electron chi connectivity index (χ4n) is 4.65. The maximum atomic E-state index is 14.9. The average molecular weight is 623 g/mol. The second kappa shape index (κ2) is 12.6. The Labute approximate surface area is 236 Å². The highest BCUT2D eigenvalue weighted by molar-refractivity contribution is 7.89. The molecule has 2 fully saturated rings. The molecule has 1 atom stereocenters. The lowest BCUT2D eigenvalue weighted by Crippen LogP contribution is -2.60. The summed E-state index contributed by atoms with van der Waals surface area (Å²) in [6, 6.07) is 5.05. The van der Waals surface area contributed by atoms with E-state index in [1.807, 2.05) is 4.90 Å². The predicted molar refractivity (Wildman–Crippen MR) is 141 cm³/mol. The second-order valence-corrected chi connectivity index (χ2v) is 13.8. The zero-order chi connectivity index (χ0) is 29.1. The quantitative estimate of drug-likeness (QED) is 0.417. The number of carbonyl (C=O) groups excluding carboxylic acids is 1. The molecular weight excluding hydrogens is 594 g/mol. The van der Waals surface area contributed by atoms with Crippen molar-refractivity contribution < 1.29 is 40.0 Å². The van der Waals surface area contributed by atoms with E-state index in [4.69, 9.17) is 22.2 Å². The Kier molecular flexibility index (Phi) is 9.65. The van der Waals surface area contributed by atoms with Crippen LogP contribution in [0.15, 0.2) is 41.3 Å². The summed E-state index contributed by atoms with van der Waals surface area (Å²) in [5.41, 5.74) is 0. The minimum Gasteiger partial charge on any atom is -0.451 e. The lowest BCUT2D eigenvalue weighted by Gasteiger charge is -2.38. The molecule has 0 saturated carbocycles. The third kappa shape index (κ3) is 6.90. The number of nitrogens with zero attached hydrogens (tertiary/aromatic N) is 3. The number of halogens is 3. The first-order valence-corrected chi connectivity index (χ1v) is 15.9. The van der Waals surface area contributed by atoms with Gasteiger partial charge in [0.15, 0.2) is 17.4 Å². The van der Waals surface area contributed by atoms with Crippen LogP contribution >= 0.6 is 11.6 Å². The summed E-state index contributed by atoms with van der Waals surface area (Å²) in [7, 11) is -8.58. The lowest BCUT2D eigenvalue weighted by atomic mass is 10.1. The number of benzene rings is 2. The molecule has 2 heterocycles. The minimum absolute atomic E-state index is 0.0566. The van der Waals surface area contributed by atoms with Gasteiger partial charge in [0.05, 0.1) is 10.6 Å². The summed E-state index contributed by atoms with van der Waals surface area (Å²) in [5, 5.41) is 0.371. The van der Waals surface area contributed by atoms with Crippen LogP contribution in [0, 0.1) is 11.6 Å². The molecule has 0 radical (unpaired) electrons. The summed E-state index contributed by atoms with van der Waals surface area (Å²) < 4.78 is 89.5. The molecule has 0 aromatic heterocycles. The first kappa shape index (κ1) is 30.6. The highest BCUT2D eigenvalue weighted by Gasteiger charge is 2.44. The Morgan fingerprint density at radius 2 is 1.60 bits per heavy atom. The van der Waals surface area contributed by atoms with E-state index in [2.05, 4.69) is 4.84 Å². The van der Waals surface area contributed by atoms with E-state index in [0.717, 1.165) is 36.7 Å². The molecule has 16 heteroatoms. The van der Waals surface area contributed by atoms with Crippen molar-refractivity contribution in [2.24, 2.45) is 5.90 Å². The predicted octanol–water partition coefficient (Wildman–Crippen LogP) is 2.32. The number of sulfonamides is 2. The Hall–Kier alpha value is -2.40. The van der Waals surface area contributed by atoms with Gasteiger partial charge in [0.1, 0.15) is 11.8 Å². The zero-order valence-electron chi connectivity index (χ0n) is 21.3. The lowest BCUT2D eigenvalue weighted by molar-refractivity contribution is -0.150. The molecule has 2 aromatic carbocycles. The number of hydrogen-bond acceptors (Lipinski definition) is 9. The normalized spacial score (nSPS) is 19.9. The van der Waals surface area contributed by atoms with Gasteiger partial charge < -0.3 is 14.5 Å². The molecule has 0 aliphatic carbocycles. The Bertz CT molecular complexity index is 1420. The summed E-state index contributed by atoms with van der Waals surface area (Å²) in [4.78, 5) is 18.0. The number of likely N-dealkylation sites (tertiary alicyclic amines) is 1. The molecule has 220 valence electrons. The molecule has 0 bridgehead atoms. The van der Waals surface area contributed by atoms with Gasteiger partial charge in [0.25, 0.3) is 0 Å². The SMILES string of the molecule is NOC(=O)[C@H]1CN(S(=O)(=O)CCN2CCCCC2)CCN1S(=O)(=O)c1cc(F)c(Oc2ccc(Cl)cc2)c(F)c1. The van der Waals surface area contributed by atoms with Crippen molar-refractivity contribution in [2.75, 3.05) is 45.0 Å². The summed E-state index contributed by atoms with van der Waals surface area (Å²) in [6.45, 7) is 0.562. The Morgan fingerprint density at radius 1 is 0.975 bits per heavy atom. The molecule has 2 aliphatic rings. The minimum atomic E-state index is -4.71. The van der Waals surface area contributed by atoms with Crippen LogP contribution in [0.5, 0.6) is 11.5 Å². The van der Waals surface area contributed by atoms with Gasteiger partial charge in [-0.1, -0.05) is 18.0 Å². The van der Waals surface area contributed by atoms with Gasteiger partial charge in [-0.05, 0) is 62.3 Å². The van der Waals surface area contributed by atoms with Crippen molar-refractivity contribution in [1.29, 1.82) is 0 Å². The number of hydrogen-bond donors (Lipinski definition) is 1. The molecule has 11 nitrogen and oxygen atoms in total. The fraction of sp³-hybridized carbons (Fsp3) is 0.458. The molecule has 0 spiro atoms. The number of ether oxygens (including phenoxy) is 1. The largest absolute Gasteiger partial charge is 0.451 e. The van der Waals surface area contributed by atoms with Crippen LogP contribution in [0.4, 0.5) is 8.78 Å². The Morgan fingerprint density at radius 3 is 2.20 bits per heavy atom. The van der Waals surface area contributed by atoms with Crippen molar-refractivity contribution in [1.82, 2.24) is 13.5 Å². The molecule has 4 rings (SSSR count). The molecule has 0 amide bonds. The van der Waals surface area contributed by atoms with Crippen LogP contribution in [-0.4, -0.2) is 87.4 Å². The average Bonchev–Trinajstić information content (AvgIpc) is 2.94. The van der Waals surface area contributed by atoms with E-state index >= 15 is 0 Å². The van der Waals surface area contributed by atoms with E-state index in [0.29, 0.717) is 28.0 Å². The van der Waals surface area contributed by atoms with Gasteiger partial charge in [-0.2, -0.15) is 14.5 Å². The standard InChI is InChI=1S/C24H29ClF2N4O7S2/c25-17-4-6-18(7-5-17)37-23-20(26)14-19(15-21(23)27)40(35,36)31-11-10-30(16-22(31)24(32)38-28)39(33,34)13-12-29-8-2-1-3-9-29/h4-7,14-15,22H,1-3,8-13,16,28H2/t22-/m1/s1. The van der Waals surface area contributed by atoms with Gasteiger partial charge in [0, 0.05) is 31.2 Å². The van der Waals surface area contributed by atoms with Gasteiger partial charge in [-0.15, -0.1) is 0 Å². The Balaban J connectivity index is 1.54. The molecule has 2 N–H and O–H groups in total. The van der Waals surface area contributed by atoms with Gasteiger partial charge >= 0.3 is 5.97 Å². The number of piperazine rings is 1. The highest BCUT2D eigenvalue weighted by atomic mass is 35.5. The number of rotatable bonds is 9. The van der Waals surface area contributed by atoms with E-state index in [9.17, 15) is 30.4 Å². The van der Waals surface area contributed by atoms with Gasteiger partial charge in [0.2, 0.25) is 20.0 Å². The first-order chi connectivity index (χ1) is 18.9. The number of nitrogens with two attached hydrogens (primary N) is 1. The monoisotopic (exact) mass is 622 g/mol. The number of carbonyl (C=O) groups is 1. The van der Waals surface area contributed by atoms with Crippen LogP contribution in [0.1, 0.15) is 19.3 Å².